The average Bonchev–Trinajstić information content (AvgIpc) is 3.13. The second-order valence-electron chi connectivity index (χ2n) is 7.91. The molecule has 1 aliphatic heterocycles. The van der Waals surface area contributed by atoms with Gasteiger partial charge in [-0.1, -0.05) is 27.2 Å². The van der Waals surface area contributed by atoms with E-state index in [4.69, 9.17) is 5.26 Å². The van der Waals surface area contributed by atoms with E-state index < -0.39 is 0 Å². The van der Waals surface area contributed by atoms with Crippen molar-refractivity contribution < 1.29 is 0 Å². The predicted octanol–water partition coefficient (Wildman–Crippen LogP) is 3.08. The molecule has 1 saturated carbocycles. The first kappa shape index (κ1) is 17.2. The summed E-state index contributed by atoms with van der Waals surface area (Å²) in [7, 11) is 0. The first-order chi connectivity index (χ1) is 11.5. The second-order valence-corrected chi connectivity index (χ2v) is 7.91. The first-order valence-corrected chi connectivity index (χ1v) is 9.24. The summed E-state index contributed by atoms with van der Waals surface area (Å²) in [6.07, 6.45) is 8.58. The fraction of sp³-hybridized carbons (Fsp3) is 0.737. The number of rotatable bonds is 4. The summed E-state index contributed by atoms with van der Waals surface area (Å²) in [4.78, 5) is 13.6. The van der Waals surface area contributed by atoms with E-state index in [2.05, 4.69) is 46.6 Å². The van der Waals surface area contributed by atoms with Gasteiger partial charge in [0.1, 0.15) is 6.07 Å². The van der Waals surface area contributed by atoms with Crippen molar-refractivity contribution in [1.82, 2.24) is 14.9 Å². The van der Waals surface area contributed by atoms with Crippen LogP contribution in [-0.4, -0.2) is 47.1 Å². The summed E-state index contributed by atoms with van der Waals surface area (Å²) in [6, 6.07) is 2.82. The van der Waals surface area contributed by atoms with Gasteiger partial charge in [-0.2, -0.15) is 5.26 Å². The number of piperazine rings is 1. The highest BCUT2D eigenvalue weighted by Crippen LogP contribution is 2.43. The van der Waals surface area contributed by atoms with E-state index in [-0.39, 0.29) is 0 Å². The topological polar surface area (TPSA) is 56.0 Å². The molecule has 1 aromatic heterocycles. The summed E-state index contributed by atoms with van der Waals surface area (Å²) < 4.78 is 0. The van der Waals surface area contributed by atoms with Crippen molar-refractivity contribution in [3.05, 3.63) is 18.0 Å². The van der Waals surface area contributed by atoms with E-state index in [9.17, 15) is 0 Å². The average molecular weight is 327 g/mol. The Labute approximate surface area is 145 Å². The van der Waals surface area contributed by atoms with Crippen LogP contribution < -0.4 is 4.90 Å². The van der Waals surface area contributed by atoms with E-state index >= 15 is 0 Å². The van der Waals surface area contributed by atoms with Crippen molar-refractivity contribution in [2.75, 3.05) is 31.1 Å². The van der Waals surface area contributed by atoms with Crippen molar-refractivity contribution in [3.63, 3.8) is 0 Å². The largest absolute Gasteiger partial charge is 0.338 e. The summed E-state index contributed by atoms with van der Waals surface area (Å²) >= 11 is 0. The molecule has 1 saturated heterocycles. The first-order valence-electron chi connectivity index (χ1n) is 9.24. The van der Waals surface area contributed by atoms with E-state index in [1.54, 1.807) is 12.4 Å². The Morgan fingerprint density at radius 3 is 2.42 bits per heavy atom. The SMILES string of the molecule is CCC(C)(C)C1CC[C@@H](N2CCN(c3ncc(C#N)cn3)CC2)C1. The minimum Gasteiger partial charge on any atom is -0.338 e. The Morgan fingerprint density at radius 1 is 1.17 bits per heavy atom. The number of nitrogens with zero attached hydrogens (tertiary/aromatic N) is 5. The summed E-state index contributed by atoms with van der Waals surface area (Å²) in [6.45, 7) is 11.3. The van der Waals surface area contributed by atoms with Crippen LogP contribution in [0.25, 0.3) is 0 Å². The molecule has 0 spiro atoms. The van der Waals surface area contributed by atoms with Crippen LogP contribution >= 0.6 is 0 Å². The normalized spacial score (nSPS) is 25.7. The lowest BCUT2D eigenvalue weighted by molar-refractivity contribution is 0.158. The molecule has 5 heteroatoms. The number of nitriles is 1. The Hall–Kier alpha value is -1.67. The standard InChI is InChI=1S/C19H29N5/c1-4-19(2,3)16-5-6-17(11-16)23-7-9-24(10-8-23)18-21-13-15(12-20)14-22-18/h13-14,16-17H,4-11H2,1-3H3/t16?,17-/m1/s1. The fourth-order valence-corrected chi connectivity index (χ4v) is 4.12. The Kier molecular flexibility index (Phi) is 5.05. The molecule has 0 amide bonds. The summed E-state index contributed by atoms with van der Waals surface area (Å²) in [5.74, 6) is 1.62. The smallest absolute Gasteiger partial charge is 0.225 e. The van der Waals surface area contributed by atoms with Crippen LogP contribution in [-0.2, 0) is 0 Å². The van der Waals surface area contributed by atoms with E-state index in [0.717, 1.165) is 44.1 Å². The van der Waals surface area contributed by atoms with E-state index in [0.29, 0.717) is 11.0 Å². The third kappa shape index (κ3) is 3.54. The molecule has 1 aliphatic carbocycles. The third-order valence-electron chi connectivity index (χ3n) is 6.30. The molecule has 0 aromatic carbocycles. The lowest BCUT2D eigenvalue weighted by Crippen LogP contribution is -2.50. The quantitative estimate of drug-likeness (QED) is 0.850. The minimum absolute atomic E-state index is 0.479. The maximum absolute atomic E-state index is 8.84. The van der Waals surface area contributed by atoms with Crippen LogP contribution in [0.3, 0.4) is 0 Å². The van der Waals surface area contributed by atoms with Crippen molar-refractivity contribution in [3.8, 4) is 6.07 Å². The lowest BCUT2D eigenvalue weighted by atomic mass is 9.76. The molecular formula is C19H29N5. The van der Waals surface area contributed by atoms with Gasteiger partial charge in [-0.15, -0.1) is 0 Å². The fourth-order valence-electron chi connectivity index (χ4n) is 4.12. The van der Waals surface area contributed by atoms with Gasteiger partial charge >= 0.3 is 0 Å². The Balaban J connectivity index is 1.53. The number of anilines is 1. The Morgan fingerprint density at radius 2 is 1.83 bits per heavy atom. The van der Waals surface area contributed by atoms with Gasteiger partial charge in [-0.3, -0.25) is 4.90 Å². The number of hydrogen-bond acceptors (Lipinski definition) is 5. The highest BCUT2D eigenvalue weighted by atomic mass is 15.3. The van der Waals surface area contributed by atoms with Gasteiger partial charge in [-0.25, -0.2) is 9.97 Å². The Bertz CT molecular complexity index is 581. The highest BCUT2D eigenvalue weighted by Gasteiger charge is 2.37. The van der Waals surface area contributed by atoms with Crippen LogP contribution in [0.1, 0.15) is 52.0 Å². The zero-order valence-corrected chi connectivity index (χ0v) is 15.2. The van der Waals surface area contributed by atoms with Crippen LogP contribution in [0.5, 0.6) is 0 Å². The minimum atomic E-state index is 0.479. The van der Waals surface area contributed by atoms with Crippen LogP contribution in [0.2, 0.25) is 0 Å². The molecule has 0 N–H and O–H groups in total. The van der Waals surface area contributed by atoms with Gasteiger partial charge in [0, 0.05) is 32.2 Å². The van der Waals surface area contributed by atoms with Crippen LogP contribution in [0.15, 0.2) is 12.4 Å². The van der Waals surface area contributed by atoms with Gasteiger partial charge in [0.15, 0.2) is 0 Å². The van der Waals surface area contributed by atoms with Crippen LogP contribution in [0.4, 0.5) is 5.95 Å². The number of hydrogen-bond donors (Lipinski definition) is 0. The predicted molar refractivity (Wildman–Crippen MR) is 95.7 cm³/mol. The molecule has 3 rings (SSSR count). The molecule has 0 radical (unpaired) electrons. The molecule has 1 aromatic rings. The van der Waals surface area contributed by atoms with Gasteiger partial charge in [-0.05, 0) is 30.6 Å². The zero-order chi connectivity index (χ0) is 17.2. The molecule has 1 unspecified atom stereocenters. The molecule has 2 atom stereocenters. The number of aromatic nitrogens is 2. The van der Waals surface area contributed by atoms with Crippen LogP contribution in [0, 0.1) is 22.7 Å². The van der Waals surface area contributed by atoms with Gasteiger partial charge < -0.3 is 4.90 Å². The maximum Gasteiger partial charge on any atom is 0.225 e. The molecule has 0 bridgehead atoms. The monoisotopic (exact) mass is 327 g/mol. The van der Waals surface area contributed by atoms with Crippen molar-refractivity contribution >= 4 is 5.95 Å². The van der Waals surface area contributed by atoms with Gasteiger partial charge in [0.05, 0.1) is 18.0 Å². The highest BCUT2D eigenvalue weighted by molar-refractivity contribution is 5.33. The van der Waals surface area contributed by atoms with Crippen molar-refractivity contribution in [2.45, 2.75) is 52.5 Å². The molecule has 130 valence electrons. The summed E-state index contributed by atoms with van der Waals surface area (Å²) in [5, 5.41) is 8.84. The van der Waals surface area contributed by atoms with Crippen molar-refractivity contribution in [1.29, 1.82) is 5.26 Å². The molecule has 5 nitrogen and oxygen atoms in total. The molecule has 2 heterocycles. The van der Waals surface area contributed by atoms with Gasteiger partial charge in [0.2, 0.25) is 5.95 Å². The molecule has 2 aliphatic rings. The molecule has 24 heavy (non-hydrogen) atoms. The molecular weight excluding hydrogens is 298 g/mol. The molecule has 2 fully saturated rings. The second kappa shape index (κ2) is 7.06. The summed E-state index contributed by atoms with van der Waals surface area (Å²) in [5.41, 5.74) is 1.00. The van der Waals surface area contributed by atoms with E-state index in [1.165, 1.54) is 25.7 Å². The lowest BCUT2D eigenvalue weighted by Gasteiger charge is -2.38. The van der Waals surface area contributed by atoms with E-state index in [1.807, 2.05) is 0 Å². The van der Waals surface area contributed by atoms with Gasteiger partial charge in [0.25, 0.3) is 0 Å². The van der Waals surface area contributed by atoms with Crippen molar-refractivity contribution in [2.24, 2.45) is 11.3 Å². The zero-order valence-electron chi connectivity index (χ0n) is 15.2. The maximum atomic E-state index is 8.84. The third-order valence-corrected chi connectivity index (χ3v) is 6.30.